The molecule has 2 aromatic rings. The predicted molar refractivity (Wildman–Crippen MR) is 75.9 cm³/mol. The highest BCUT2D eigenvalue weighted by Gasteiger charge is 2.33. The van der Waals surface area contributed by atoms with Crippen molar-refractivity contribution in [2.24, 2.45) is 0 Å². The minimum absolute atomic E-state index is 0.0436. The number of alkyl halides is 3. The summed E-state index contributed by atoms with van der Waals surface area (Å²) in [6.07, 6.45) is -0.607. The molecule has 1 aromatic heterocycles. The standard InChI is InChI=1S/C11H8F3N3O2.C3H8/c1-7-5-16(6-15-7)9-2-8(11(12,13)14)3-10(4-9)17(18)19;1-3-2/h2-6H,1H3;3H2,1-2H3. The number of non-ortho nitro benzene ring substituents is 1. The molecule has 1 heterocycles. The topological polar surface area (TPSA) is 61.0 Å². The molecule has 0 aliphatic heterocycles. The molecule has 0 unspecified atom stereocenters. The maximum Gasteiger partial charge on any atom is 0.416 e. The number of hydrogen-bond donors (Lipinski definition) is 0. The fourth-order valence-electron chi connectivity index (χ4n) is 1.58. The highest BCUT2D eigenvalue weighted by molar-refractivity contribution is 5.48. The lowest BCUT2D eigenvalue weighted by molar-refractivity contribution is -0.385. The summed E-state index contributed by atoms with van der Waals surface area (Å²) in [6, 6.07) is 2.41. The number of benzene rings is 1. The summed E-state index contributed by atoms with van der Waals surface area (Å²) in [7, 11) is 0. The number of nitro groups is 1. The van der Waals surface area contributed by atoms with Crippen LogP contribution in [-0.2, 0) is 6.18 Å². The maximum atomic E-state index is 12.7. The van der Waals surface area contributed by atoms with Gasteiger partial charge in [0.15, 0.2) is 0 Å². The average molecular weight is 315 g/mol. The molecule has 0 saturated heterocycles. The summed E-state index contributed by atoms with van der Waals surface area (Å²) in [5.41, 5.74) is -1.04. The highest BCUT2D eigenvalue weighted by Crippen LogP contribution is 2.33. The maximum absolute atomic E-state index is 12.7. The Morgan fingerprint density at radius 3 is 2.27 bits per heavy atom. The van der Waals surface area contributed by atoms with Gasteiger partial charge in [-0.2, -0.15) is 13.2 Å². The Bertz CT molecular complexity index is 651. The molecule has 8 heteroatoms. The summed E-state index contributed by atoms with van der Waals surface area (Å²) >= 11 is 0. The van der Waals surface area contributed by atoms with Crippen LogP contribution in [0.4, 0.5) is 18.9 Å². The van der Waals surface area contributed by atoms with Crippen molar-refractivity contribution in [2.45, 2.75) is 33.4 Å². The number of aromatic nitrogens is 2. The van der Waals surface area contributed by atoms with Gasteiger partial charge in [0.1, 0.15) is 0 Å². The van der Waals surface area contributed by atoms with E-state index in [1.54, 1.807) is 6.92 Å². The van der Waals surface area contributed by atoms with E-state index in [4.69, 9.17) is 0 Å². The first kappa shape index (κ1) is 17.7. The van der Waals surface area contributed by atoms with Crippen molar-refractivity contribution in [1.29, 1.82) is 0 Å². The van der Waals surface area contributed by atoms with Crippen LogP contribution < -0.4 is 0 Å². The van der Waals surface area contributed by atoms with Gasteiger partial charge in [0, 0.05) is 18.3 Å². The Morgan fingerprint density at radius 2 is 1.86 bits per heavy atom. The van der Waals surface area contributed by atoms with Crippen molar-refractivity contribution in [3.8, 4) is 5.69 Å². The predicted octanol–water partition coefficient (Wildman–Crippen LogP) is 4.52. The first-order valence-electron chi connectivity index (χ1n) is 6.56. The van der Waals surface area contributed by atoms with Crippen LogP contribution >= 0.6 is 0 Å². The van der Waals surface area contributed by atoms with Crippen molar-refractivity contribution in [1.82, 2.24) is 9.55 Å². The van der Waals surface area contributed by atoms with Gasteiger partial charge in [0.25, 0.3) is 5.69 Å². The number of nitro benzene ring substituents is 1. The third-order valence-corrected chi connectivity index (χ3v) is 2.45. The van der Waals surface area contributed by atoms with Crippen LogP contribution in [0.25, 0.3) is 5.69 Å². The quantitative estimate of drug-likeness (QED) is 0.604. The van der Waals surface area contributed by atoms with Crippen LogP contribution in [0.1, 0.15) is 31.5 Å². The normalized spacial score (nSPS) is 10.8. The molecule has 0 bridgehead atoms. The molecule has 0 saturated carbocycles. The van der Waals surface area contributed by atoms with Crippen LogP contribution in [0, 0.1) is 17.0 Å². The molecule has 1 aromatic carbocycles. The first-order valence-corrected chi connectivity index (χ1v) is 6.56. The zero-order valence-electron chi connectivity index (χ0n) is 12.4. The van der Waals surface area contributed by atoms with Gasteiger partial charge in [0.05, 0.1) is 28.2 Å². The molecule has 2 rings (SSSR count). The van der Waals surface area contributed by atoms with Crippen molar-refractivity contribution in [2.75, 3.05) is 0 Å². The van der Waals surface area contributed by atoms with Gasteiger partial charge in [-0.1, -0.05) is 20.3 Å². The molecule has 0 atom stereocenters. The summed E-state index contributed by atoms with van der Waals surface area (Å²) in [6.45, 7) is 5.92. The Morgan fingerprint density at radius 1 is 1.27 bits per heavy atom. The Hall–Kier alpha value is -2.38. The second-order valence-corrected chi connectivity index (χ2v) is 4.62. The average Bonchev–Trinajstić information content (AvgIpc) is 2.85. The molecule has 0 aliphatic carbocycles. The van der Waals surface area contributed by atoms with Gasteiger partial charge in [-0.25, -0.2) is 4.98 Å². The number of hydrogen-bond acceptors (Lipinski definition) is 3. The summed E-state index contributed by atoms with van der Waals surface area (Å²) < 4.78 is 39.4. The van der Waals surface area contributed by atoms with Crippen LogP contribution in [0.3, 0.4) is 0 Å². The van der Waals surface area contributed by atoms with E-state index in [0.717, 1.165) is 12.1 Å². The van der Waals surface area contributed by atoms with Crippen molar-refractivity contribution in [3.63, 3.8) is 0 Å². The van der Waals surface area contributed by atoms with E-state index >= 15 is 0 Å². The van der Waals surface area contributed by atoms with Gasteiger partial charge in [-0.15, -0.1) is 0 Å². The third kappa shape index (κ3) is 4.57. The van der Waals surface area contributed by atoms with E-state index in [1.807, 2.05) is 0 Å². The van der Waals surface area contributed by atoms with Crippen LogP contribution in [0.2, 0.25) is 0 Å². The number of rotatable bonds is 2. The second-order valence-electron chi connectivity index (χ2n) is 4.62. The second kappa shape index (κ2) is 7.06. The lowest BCUT2D eigenvalue weighted by Crippen LogP contribution is -2.07. The summed E-state index contributed by atoms with van der Waals surface area (Å²) in [5, 5.41) is 10.7. The zero-order valence-corrected chi connectivity index (χ0v) is 12.4. The van der Waals surface area contributed by atoms with Gasteiger partial charge in [-0.05, 0) is 13.0 Å². The van der Waals surface area contributed by atoms with Gasteiger partial charge in [-0.3, -0.25) is 10.1 Å². The number of imidazole rings is 1. The van der Waals surface area contributed by atoms with Crippen molar-refractivity contribution in [3.05, 3.63) is 52.1 Å². The Balaban J connectivity index is 0.000000745. The molecule has 0 amide bonds. The largest absolute Gasteiger partial charge is 0.416 e. The van der Waals surface area contributed by atoms with Crippen molar-refractivity contribution >= 4 is 5.69 Å². The zero-order chi connectivity index (χ0) is 16.9. The lowest BCUT2D eigenvalue weighted by Gasteiger charge is -2.09. The number of aryl methyl sites for hydroxylation is 1. The number of nitrogens with zero attached hydrogens (tertiary/aromatic N) is 3. The smallest absolute Gasteiger partial charge is 0.306 e. The molecule has 5 nitrogen and oxygen atoms in total. The lowest BCUT2D eigenvalue weighted by atomic mass is 10.1. The molecule has 0 fully saturated rings. The van der Waals surface area contributed by atoms with E-state index in [-0.39, 0.29) is 5.69 Å². The van der Waals surface area contributed by atoms with E-state index in [0.29, 0.717) is 11.8 Å². The van der Waals surface area contributed by atoms with E-state index in [1.165, 1.54) is 23.5 Å². The van der Waals surface area contributed by atoms with Crippen molar-refractivity contribution < 1.29 is 18.1 Å². The molecule has 0 N–H and O–H groups in total. The fourth-order valence-corrected chi connectivity index (χ4v) is 1.58. The van der Waals surface area contributed by atoms with Crippen LogP contribution in [0.5, 0.6) is 0 Å². The van der Waals surface area contributed by atoms with E-state index in [2.05, 4.69) is 18.8 Å². The van der Waals surface area contributed by atoms with E-state index in [9.17, 15) is 23.3 Å². The Kier molecular flexibility index (Phi) is 5.67. The third-order valence-electron chi connectivity index (χ3n) is 2.45. The summed E-state index contributed by atoms with van der Waals surface area (Å²) in [5.74, 6) is 0. The molecule has 0 aliphatic rings. The molecule has 0 spiro atoms. The van der Waals surface area contributed by atoms with Gasteiger partial charge >= 0.3 is 6.18 Å². The Labute approximate surface area is 125 Å². The van der Waals surface area contributed by atoms with Gasteiger partial charge in [0.2, 0.25) is 0 Å². The van der Waals surface area contributed by atoms with Crippen LogP contribution in [0.15, 0.2) is 30.7 Å². The molecular formula is C14H16F3N3O2. The molecule has 0 radical (unpaired) electrons. The number of halogens is 3. The highest BCUT2D eigenvalue weighted by atomic mass is 19.4. The van der Waals surface area contributed by atoms with Crippen LogP contribution in [-0.4, -0.2) is 14.5 Å². The molecule has 22 heavy (non-hydrogen) atoms. The molecule has 120 valence electrons. The fraction of sp³-hybridized carbons (Fsp3) is 0.357. The minimum atomic E-state index is -4.64. The SMILES string of the molecule is CCC.Cc1cn(-c2cc([N+](=O)[O-])cc(C(F)(F)F)c2)cn1. The first-order chi connectivity index (χ1) is 10.2. The minimum Gasteiger partial charge on any atom is -0.306 e. The molecular weight excluding hydrogens is 299 g/mol. The monoisotopic (exact) mass is 315 g/mol. The van der Waals surface area contributed by atoms with E-state index < -0.39 is 22.4 Å². The van der Waals surface area contributed by atoms with Gasteiger partial charge < -0.3 is 4.57 Å². The summed E-state index contributed by atoms with van der Waals surface area (Å²) in [4.78, 5) is 13.7.